The third kappa shape index (κ3) is 5.56. The molecule has 166 valence electrons. The number of rotatable bonds is 8. The Morgan fingerprint density at radius 1 is 1.23 bits per heavy atom. The van der Waals surface area contributed by atoms with Crippen molar-refractivity contribution in [2.24, 2.45) is 5.73 Å². The molecule has 0 radical (unpaired) electrons. The number of halogens is 2. The number of hydrogen-bond donors (Lipinski definition) is 3. The molecule has 0 bridgehead atoms. The van der Waals surface area contributed by atoms with Gasteiger partial charge < -0.3 is 15.8 Å². The van der Waals surface area contributed by atoms with Gasteiger partial charge >= 0.3 is 12.1 Å². The number of anilines is 1. The predicted molar refractivity (Wildman–Crippen MR) is 116 cm³/mol. The third-order valence-electron chi connectivity index (χ3n) is 4.51. The number of carbonyl (C=O) groups is 2. The Hall–Kier alpha value is -3.04. The second-order valence-electron chi connectivity index (χ2n) is 7.29. The molecule has 1 aliphatic rings. The van der Waals surface area contributed by atoms with Crippen LogP contribution in [0.25, 0.3) is 0 Å². The molecule has 0 saturated carbocycles. The molecule has 4 amide bonds. The highest BCUT2D eigenvalue weighted by Gasteiger charge is 2.38. The summed E-state index contributed by atoms with van der Waals surface area (Å²) in [6.45, 7) is 4.00. The molecule has 1 heterocycles. The van der Waals surface area contributed by atoms with E-state index >= 15 is 0 Å². The zero-order valence-corrected chi connectivity index (χ0v) is 18.0. The average Bonchev–Trinajstić information content (AvgIpc) is 2.71. The van der Waals surface area contributed by atoms with Gasteiger partial charge in [0.2, 0.25) is 0 Å². The highest BCUT2D eigenvalue weighted by Crippen LogP contribution is 2.24. The van der Waals surface area contributed by atoms with E-state index in [1.807, 2.05) is 0 Å². The lowest BCUT2D eigenvalue weighted by Crippen LogP contribution is -2.67. The highest BCUT2D eigenvalue weighted by molar-refractivity contribution is 6.30. The summed E-state index contributed by atoms with van der Waals surface area (Å²) >= 11 is 5.94. The molecular formula is C21H25ClFN5O3. The van der Waals surface area contributed by atoms with Crippen LogP contribution in [0.2, 0.25) is 5.02 Å². The molecular weight excluding hydrogens is 425 g/mol. The van der Waals surface area contributed by atoms with Gasteiger partial charge in [0, 0.05) is 29.9 Å². The monoisotopic (exact) mass is 449 g/mol. The highest BCUT2D eigenvalue weighted by atomic mass is 35.5. The predicted octanol–water partition coefficient (Wildman–Crippen LogP) is 3.57. The number of nitrogens with zero attached hydrogens (tertiary/aromatic N) is 2. The number of ether oxygens (including phenoxy) is 1. The summed E-state index contributed by atoms with van der Waals surface area (Å²) in [6, 6.07) is 10.3. The Morgan fingerprint density at radius 3 is 2.55 bits per heavy atom. The Bertz CT molecular complexity index is 941. The average molecular weight is 450 g/mol. The van der Waals surface area contributed by atoms with Gasteiger partial charge in [-0.25, -0.2) is 18.9 Å². The van der Waals surface area contributed by atoms with E-state index in [1.165, 1.54) is 17.0 Å². The molecule has 2 aromatic carbocycles. The van der Waals surface area contributed by atoms with E-state index in [-0.39, 0.29) is 31.5 Å². The van der Waals surface area contributed by atoms with Crippen LogP contribution < -0.4 is 21.1 Å². The van der Waals surface area contributed by atoms with Crippen LogP contribution >= 0.6 is 11.6 Å². The minimum atomic E-state index is -0.902. The van der Waals surface area contributed by atoms with Gasteiger partial charge in [-0.1, -0.05) is 23.7 Å². The number of hydrogen-bond acceptors (Lipinski definition) is 5. The van der Waals surface area contributed by atoms with E-state index in [0.717, 1.165) is 10.5 Å². The first-order valence-electron chi connectivity index (χ1n) is 9.84. The van der Waals surface area contributed by atoms with Gasteiger partial charge in [0.15, 0.2) is 17.9 Å². The Labute approximate surface area is 185 Å². The third-order valence-corrected chi connectivity index (χ3v) is 4.76. The van der Waals surface area contributed by atoms with E-state index in [2.05, 4.69) is 10.6 Å². The Balaban J connectivity index is 1.84. The Morgan fingerprint density at radius 2 is 1.94 bits per heavy atom. The van der Waals surface area contributed by atoms with E-state index in [1.54, 1.807) is 44.2 Å². The molecule has 0 aliphatic carbocycles. The first-order valence-corrected chi connectivity index (χ1v) is 10.2. The molecule has 0 aromatic heterocycles. The van der Waals surface area contributed by atoms with E-state index < -0.39 is 24.2 Å². The zero-order valence-electron chi connectivity index (χ0n) is 17.3. The maximum Gasteiger partial charge on any atom is 0.331 e. The number of nitrogens with two attached hydrogens (primary N) is 1. The fourth-order valence-corrected chi connectivity index (χ4v) is 3.23. The van der Waals surface area contributed by atoms with Gasteiger partial charge in [0.25, 0.3) is 0 Å². The van der Waals surface area contributed by atoms with Crippen LogP contribution in [-0.4, -0.2) is 47.3 Å². The van der Waals surface area contributed by atoms with Crippen molar-refractivity contribution in [3.05, 3.63) is 58.9 Å². The van der Waals surface area contributed by atoms with Gasteiger partial charge in [0.05, 0.1) is 12.6 Å². The quantitative estimate of drug-likeness (QED) is 0.572. The number of benzene rings is 2. The van der Waals surface area contributed by atoms with Crippen molar-refractivity contribution in [2.75, 3.05) is 18.4 Å². The van der Waals surface area contributed by atoms with E-state index in [0.29, 0.717) is 10.7 Å². The van der Waals surface area contributed by atoms with Crippen molar-refractivity contribution in [1.29, 1.82) is 0 Å². The first-order chi connectivity index (χ1) is 14.8. The molecule has 1 fully saturated rings. The molecule has 0 spiro atoms. The van der Waals surface area contributed by atoms with Crippen molar-refractivity contribution in [2.45, 2.75) is 32.8 Å². The lowest BCUT2D eigenvalue weighted by Gasteiger charge is -2.41. The molecule has 1 aliphatic heterocycles. The standard InChI is InChI=1S/C21H25ClFN5O3/c1-13(2)31-18-8-7-16(11-17(18)23)25-19-26-20(29)27(10-9-24)21(30)28(19)12-14-3-5-15(22)6-4-14/h3-8,11,13,19,25H,9-10,12,24H2,1-2H3,(H,26,29). The lowest BCUT2D eigenvalue weighted by atomic mass is 10.2. The van der Waals surface area contributed by atoms with Crippen molar-refractivity contribution >= 4 is 29.4 Å². The molecule has 1 atom stereocenters. The molecule has 4 N–H and O–H groups in total. The summed E-state index contributed by atoms with van der Waals surface area (Å²) in [7, 11) is 0. The van der Waals surface area contributed by atoms with Crippen LogP contribution in [0.5, 0.6) is 5.75 Å². The lowest BCUT2D eigenvalue weighted by molar-refractivity contribution is 0.107. The summed E-state index contributed by atoms with van der Waals surface area (Å²) < 4.78 is 19.8. The van der Waals surface area contributed by atoms with Gasteiger partial charge in [-0.2, -0.15) is 0 Å². The van der Waals surface area contributed by atoms with Gasteiger partial charge in [-0.05, 0) is 43.7 Å². The van der Waals surface area contributed by atoms with Crippen LogP contribution in [0.1, 0.15) is 19.4 Å². The molecule has 10 heteroatoms. The molecule has 8 nitrogen and oxygen atoms in total. The van der Waals surface area contributed by atoms with Crippen LogP contribution in [0.3, 0.4) is 0 Å². The maximum absolute atomic E-state index is 14.4. The number of carbonyl (C=O) groups excluding carboxylic acids is 2. The summed E-state index contributed by atoms with van der Waals surface area (Å²) in [5.41, 5.74) is 6.73. The number of nitrogens with one attached hydrogen (secondary N) is 2. The van der Waals surface area contributed by atoms with Gasteiger partial charge in [-0.15, -0.1) is 0 Å². The number of imide groups is 1. The smallest absolute Gasteiger partial charge is 0.331 e. The van der Waals surface area contributed by atoms with Crippen LogP contribution in [0.15, 0.2) is 42.5 Å². The second-order valence-corrected chi connectivity index (χ2v) is 7.72. The number of urea groups is 2. The molecule has 1 unspecified atom stereocenters. The minimum Gasteiger partial charge on any atom is -0.488 e. The normalized spacial score (nSPS) is 16.5. The molecule has 31 heavy (non-hydrogen) atoms. The molecule has 2 aromatic rings. The van der Waals surface area contributed by atoms with Gasteiger partial charge in [0.1, 0.15) is 0 Å². The number of amides is 4. The zero-order chi connectivity index (χ0) is 22.5. The van der Waals surface area contributed by atoms with E-state index in [4.69, 9.17) is 22.1 Å². The van der Waals surface area contributed by atoms with Gasteiger partial charge in [-0.3, -0.25) is 10.2 Å². The summed E-state index contributed by atoms with van der Waals surface area (Å²) in [5, 5.41) is 6.29. The van der Waals surface area contributed by atoms with Crippen LogP contribution in [0, 0.1) is 5.82 Å². The van der Waals surface area contributed by atoms with Crippen LogP contribution in [0.4, 0.5) is 19.7 Å². The summed E-state index contributed by atoms with van der Waals surface area (Å²) in [6.07, 6.45) is -1.08. The topological polar surface area (TPSA) is 99.9 Å². The minimum absolute atomic E-state index is 0.0738. The van der Waals surface area contributed by atoms with Crippen molar-refractivity contribution in [3.8, 4) is 5.75 Å². The first kappa shape index (κ1) is 22.6. The van der Waals surface area contributed by atoms with Crippen LogP contribution in [-0.2, 0) is 6.54 Å². The maximum atomic E-state index is 14.4. The van der Waals surface area contributed by atoms with Crippen molar-refractivity contribution < 1.29 is 18.7 Å². The Kier molecular flexibility index (Phi) is 7.19. The largest absolute Gasteiger partial charge is 0.488 e. The summed E-state index contributed by atoms with van der Waals surface area (Å²) in [4.78, 5) is 27.9. The molecule has 3 rings (SSSR count). The second kappa shape index (κ2) is 9.84. The fraction of sp³-hybridized carbons (Fsp3) is 0.333. The summed E-state index contributed by atoms with van der Waals surface area (Å²) in [5.74, 6) is -0.433. The fourth-order valence-electron chi connectivity index (χ4n) is 3.11. The van der Waals surface area contributed by atoms with Crippen molar-refractivity contribution in [1.82, 2.24) is 15.1 Å². The van der Waals surface area contributed by atoms with Crippen molar-refractivity contribution in [3.63, 3.8) is 0 Å². The molecule has 1 saturated heterocycles. The SMILES string of the molecule is CC(C)Oc1ccc(NC2NC(=O)N(CCN)C(=O)N2Cc2ccc(Cl)cc2)cc1F. The van der Waals surface area contributed by atoms with E-state index in [9.17, 15) is 14.0 Å².